The average molecular weight is 380 g/mol. The van der Waals surface area contributed by atoms with Gasteiger partial charge in [0.25, 0.3) is 5.91 Å². The number of aliphatic hydroxyl groups is 1. The Labute approximate surface area is 166 Å². The topological polar surface area (TPSA) is 62.7 Å². The number of carbonyl (C=O) groups excluding carboxylic acids is 1. The van der Waals surface area contributed by atoms with Gasteiger partial charge in [-0.1, -0.05) is 30.3 Å². The van der Waals surface area contributed by atoms with Crippen LogP contribution in [0.1, 0.15) is 42.2 Å². The lowest BCUT2D eigenvalue weighted by atomic mass is 9.58. The van der Waals surface area contributed by atoms with E-state index >= 15 is 0 Å². The molecule has 28 heavy (non-hydrogen) atoms. The van der Waals surface area contributed by atoms with Crippen LogP contribution < -0.4 is 0 Å². The first-order valence-corrected chi connectivity index (χ1v) is 10.2. The fourth-order valence-electron chi connectivity index (χ4n) is 4.80. The van der Waals surface area contributed by atoms with Gasteiger partial charge in [0.15, 0.2) is 0 Å². The van der Waals surface area contributed by atoms with E-state index < -0.39 is 0 Å². The van der Waals surface area contributed by atoms with Gasteiger partial charge in [0.05, 0.1) is 23.5 Å². The van der Waals surface area contributed by atoms with Crippen LogP contribution in [0.15, 0.2) is 42.6 Å². The number of benzene rings is 1. The average Bonchev–Trinajstić information content (AvgIpc) is 2.74. The maximum atomic E-state index is 13.4. The molecule has 1 aromatic carbocycles. The summed E-state index contributed by atoms with van der Waals surface area (Å²) >= 11 is 0. The Morgan fingerprint density at radius 1 is 1.25 bits per heavy atom. The summed E-state index contributed by atoms with van der Waals surface area (Å²) < 4.78 is 5.84. The zero-order valence-electron chi connectivity index (χ0n) is 16.6. The zero-order valence-corrected chi connectivity index (χ0v) is 16.6. The largest absolute Gasteiger partial charge is 0.392 e. The standard InChI is InChI=1S/C23H28N2O3/c1-3-28-20-15-19(26)23(20)10-13-25(14-11-23)22(27)21-16(2)24-12-9-18(21)17-7-5-4-6-8-17/h4-9,12,19-20,26H,3,10-11,13-15H2,1-2H3/t19-,20+/m0/s1. The van der Waals surface area contributed by atoms with Crippen molar-refractivity contribution in [3.63, 3.8) is 0 Å². The molecule has 2 atom stereocenters. The predicted molar refractivity (Wildman–Crippen MR) is 108 cm³/mol. The van der Waals surface area contributed by atoms with Gasteiger partial charge in [-0.3, -0.25) is 9.78 Å². The van der Waals surface area contributed by atoms with E-state index in [0.29, 0.717) is 31.7 Å². The second-order valence-corrected chi connectivity index (χ2v) is 7.91. The van der Waals surface area contributed by atoms with Gasteiger partial charge in [0.2, 0.25) is 0 Å². The van der Waals surface area contributed by atoms with Gasteiger partial charge in [0, 0.05) is 37.7 Å². The molecule has 1 amide bonds. The normalized spacial score (nSPS) is 23.5. The Bertz CT molecular complexity index is 842. The minimum atomic E-state index is -0.318. The summed E-state index contributed by atoms with van der Waals surface area (Å²) in [5, 5.41) is 10.4. The third-order valence-electron chi connectivity index (χ3n) is 6.53. The second-order valence-electron chi connectivity index (χ2n) is 7.91. The number of piperidine rings is 1. The molecule has 148 valence electrons. The molecule has 5 nitrogen and oxygen atoms in total. The molecule has 5 heteroatoms. The number of hydrogen-bond donors (Lipinski definition) is 1. The summed E-state index contributed by atoms with van der Waals surface area (Å²) in [4.78, 5) is 19.7. The Hall–Kier alpha value is -2.24. The lowest BCUT2D eigenvalue weighted by Gasteiger charge is -2.56. The van der Waals surface area contributed by atoms with Crippen molar-refractivity contribution >= 4 is 5.91 Å². The van der Waals surface area contributed by atoms with Gasteiger partial charge in [-0.25, -0.2) is 0 Å². The van der Waals surface area contributed by atoms with Crippen molar-refractivity contribution in [1.82, 2.24) is 9.88 Å². The fraction of sp³-hybridized carbons (Fsp3) is 0.478. The monoisotopic (exact) mass is 380 g/mol. The van der Waals surface area contributed by atoms with E-state index in [4.69, 9.17) is 4.74 Å². The van der Waals surface area contributed by atoms with E-state index in [2.05, 4.69) is 4.98 Å². The molecule has 1 aromatic heterocycles. The maximum absolute atomic E-state index is 13.4. The quantitative estimate of drug-likeness (QED) is 0.882. The molecule has 4 rings (SSSR count). The van der Waals surface area contributed by atoms with E-state index in [1.807, 2.05) is 55.1 Å². The highest BCUT2D eigenvalue weighted by atomic mass is 16.5. The van der Waals surface area contributed by atoms with Gasteiger partial charge in [-0.05, 0) is 43.9 Å². The van der Waals surface area contributed by atoms with E-state index in [9.17, 15) is 9.90 Å². The number of aryl methyl sites for hydroxylation is 1. The van der Waals surface area contributed by atoms with Crippen LogP contribution >= 0.6 is 0 Å². The molecule has 1 saturated carbocycles. The summed E-state index contributed by atoms with van der Waals surface area (Å²) in [7, 11) is 0. The van der Waals surface area contributed by atoms with Crippen molar-refractivity contribution < 1.29 is 14.6 Å². The van der Waals surface area contributed by atoms with E-state index in [-0.39, 0.29) is 23.5 Å². The van der Waals surface area contributed by atoms with Crippen LogP contribution in [-0.2, 0) is 4.74 Å². The first-order chi connectivity index (χ1) is 13.6. The van der Waals surface area contributed by atoms with Crippen LogP contribution in [0.25, 0.3) is 11.1 Å². The summed E-state index contributed by atoms with van der Waals surface area (Å²) in [6, 6.07) is 11.9. The van der Waals surface area contributed by atoms with Crippen LogP contribution in [-0.4, -0.2) is 52.8 Å². The number of amides is 1. The van der Waals surface area contributed by atoms with Crippen LogP contribution in [0, 0.1) is 12.3 Å². The maximum Gasteiger partial charge on any atom is 0.256 e. The number of pyridine rings is 1. The number of rotatable bonds is 4. The second kappa shape index (κ2) is 7.64. The van der Waals surface area contributed by atoms with Crippen molar-refractivity contribution in [2.75, 3.05) is 19.7 Å². The van der Waals surface area contributed by atoms with E-state index in [1.165, 1.54) is 0 Å². The SMILES string of the molecule is CCO[C@@H]1C[C@H](O)C12CCN(C(=O)c1c(-c3ccccc3)ccnc1C)CC2. The molecule has 1 N–H and O–H groups in total. The Morgan fingerprint density at radius 2 is 1.96 bits per heavy atom. The third kappa shape index (κ3) is 3.12. The summed E-state index contributed by atoms with van der Waals surface area (Å²) in [6.07, 6.45) is 3.83. The Balaban J connectivity index is 1.56. The molecular formula is C23H28N2O3. The van der Waals surface area contributed by atoms with Crippen LogP contribution in [0.5, 0.6) is 0 Å². The molecule has 2 fully saturated rings. The fourth-order valence-corrected chi connectivity index (χ4v) is 4.80. The molecule has 2 aliphatic rings. The Kier molecular flexibility index (Phi) is 5.21. The van der Waals surface area contributed by atoms with Crippen LogP contribution in [0.2, 0.25) is 0 Å². The van der Waals surface area contributed by atoms with Gasteiger partial charge < -0.3 is 14.7 Å². The summed E-state index contributed by atoms with van der Waals surface area (Å²) in [6.45, 7) is 5.83. The van der Waals surface area contributed by atoms with Crippen molar-refractivity contribution in [2.45, 2.75) is 45.3 Å². The lowest BCUT2D eigenvalue weighted by molar-refractivity contribution is -0.207. The number of nitrogens with zero attached hydrogens (tertiary/aromatic N) is 2. The van der Waals surface area contributed by atoms with Gasteiger partial charge in [-0.15, -0.1) is 0 Å². The molecule has 1 aliphatic carbocycles. The molecule has 2 heterocycles. The highest BCUT2D eigenvalue weighted by Gasteiger charge is 2.56. The minimum Gasteiger partial charge on any atom is -0.392 e. The first kappa shape index (κ1) is 19.1. The van der Waals surface area contributed by atoms with Gasteiger partial charge >= 0.3 is 0 Å². The Morgan fingerprint density at radius 3 is 2.61 bits per heavy atom. The molecule has 0 radical (unpaired) electrons. The van der Waals surface area contributed by atoms with E-state index in [1.54, 1.807) is 6.20 Å². The molecule has 1 spiro atoms. The van der Waals surface area contributed by atoms with Crippen molar-refractivity contribution in [1.29, 1.82) is 0 Å². The predicted octanol–water partition coefficient (Wildman–Crippen LogP) is 3.45. The van der Waals surface area contributed by atoms with Crippen LogP contribution in [0.3, 0.4) is 0 Å². The van der Waals surface area contributed by atoms with Crippen LogP contribution in [0.4, 0.5) is 0 Å². The highest BCUT2D eigenvalue weighted by Crippen LogP contribution is 2.51. The van der Waals surface area contributed by atoms with Gasteiger partial charge in [0.1, 0.15) is 0 Å². The third-order valence-corrected chi connectivity index (χ3v) is 6.53. The highest BCUT2D eigenvalue weighted by molar-refractivity contribution is 6.01. The zero-order chi connectivity index (χ0) is 19.7. The first-order valence-electron chi connectivity index (χ1n) is 10.2. The number of ether oxygens (including phenoxy) is 1. The summed E-state index contributed by atoms with van der Waals surface area (Å²) in [5.41, 5.74) is 3.20. The van der Waals surface area contributed by atoms with Crippen molar-refractivity contribution in [3.05, 3.63) is 53.9 Å². The molecule has 1 aliphatic heterocycles. The molecular weight excluding hydrogens is 352 g/mol. The summed E-state index contributed by atoms with van der Waals surface area (Å²) in [5.74, 6) is 0.0288. The van der Waals surface area contributed by atoms with Crippen molar-refractivity contribution in [2.24, 2.45) is 5.41 Å². The van der Waals surface area contributed by atoms with Crippen molar-refractivity contribution in [3.8, 4) is 11.1 Å². The van der Waals surface area contributed by atoms with Gasteiger partial charge in [-0.2, -0.15) is 0 Å². The van der Waals surface area contributed by atoms with E-state index in [0.717, 1.165) is 29.7 Å². The molecule has 0 bridgehead atoms. The number of hydrogen-bond acceptors (Lipinski definition) is 4. The molecule has 1 saturated heterocycles. The number of carbonyl (C=O) groups is 1. The molecule has 0 unspecified atom stereocenters. The minimum absolute atomic E-state index is 0.0288. The smallest absolute Gasteiger partial charge is 0.256 e. The lowest BCUT2D eigenvalue weighted by Crippen LogP contribution is -2.62. The number of aromatic nitrogens is 1. The number of aliphatic hydroxyl groups excluding tert-OH is 1. The number of likely N-dealkylation sites (tertiary alicyclic amines) is 1. The molecule has 2 aromatic rings.